The van der Waals surface area contributed by atoms with E-state index in [0.29, 0.717) is 49.1 Å². The number of likely N-dealkylation sites (tertiary alicyclic amines) is 2. The maximum Gasteiger partial charge on any atom is 0.407 e. The molecular weight excluding hydrogens is 453 g/mol. The lowest BCUT2D eigenvalue weighted by atomic mass is 9.93. The summed E-state index contributed by atoms with van der Waals surface area (Å²) in [5, 5.41) is 10.4. The number of carbonyl (C=O) groups excluding carboxylic acids is 2. The van der Waals surface area contributed by atoms with E-state index in [1.807, 2.05) is 17.9 Å². The van der Waals surface area contributed by atoms with Crippen LogP contribution in [0.1, 0.15) is 44.1 Å². The standard InChI is InChI=1S/C23H29Cl2N3O4/c1-23(7-8-23)21(30)27-9-5-14(6-10-27)20(29)28-12-16(19(13-28)26(2)22(31)32)15-3-4-17(24)18(25)11-15/h3-4,11,14,16,19H,5-10,12-13H2,1-2H3,(H,31,32). The number of nitrogens with zero attached hydrogens (tertiary/aromatic N) is 3. The molecule has 32 heavy (non-hydrogen) atoms. The third-order valence-electron chi connectivity index (χ3n) is 7.42. The molecule has 1 aromatic rings. The van der Waals surface area contributed by atoms with E-state index in [2.05, 4.69) is 0 Å². The highest BCUT2D eigenvalue weighted by molar-refractivity contribution is 6.42. The largest absolute Gasteiger partial charge is 0.465 e. The smallest absolute Gasteiger partial charge is 0.407 e. The molecule has 0 radical (unpaired) electrons. The van der Waals surface area contributed by atoms with Gasteiger partial charge in [-0.05, 0) is 43.4 Å². The van der Waals surface area contributed by atoms with Crippen molar-refractivity contribution in [3.05, 3.63) is 33.8 Å². The zero-order valence-corrected chi connectivity index (χ0v) is 19.9. The first kappa shape index (κ1) is 23.2. The second-order valence-electron chi connectivity index (χ2n) is 9.61. The van der Waals surface area contributed by atoms with Crippen molar-refractivity contribution in [1.29, 1.82) is 0 Å². The fourth-order valence-electron chi connectivity index (χ4n) is 4.94. The van der Waals surface area contributed by atoms with Crippen LogP contribution in [-0.4, -0.2) is 77.0 Å². The Morgan fingerprint density at radius 1 is 1.06 bits per heavy atom. The molecule has 2 heterocycles. The predicted octanol–water partition coefficient (Wildman–Crippen LogP) is 3.94. The summed E-state index contributed by atoms with van der Waals surface area (Å²) in [5.41, 5.74) is 0.680. The number of hydrogen-bond donors (Lipinski definition) is 1. The second-order valence-corrected chi connectivity index (χ2v) is 10.4. The average Bonchev–Trinajstić information content (AvgIpc) is 3.38. The first-order chi connectivity index (χ1) is 15.1. The van der Waals surface area contributed by atoms with Crippen LogP contribution in [0.15, 0.2) is 18.2 Å². The Bertz CT molecular complexity index is 928. The number of rotatable bonds is 4. The van der Waals surface area contributed by atoms with Crippen molar-refractivity contribution in [2.45, 2.75) is 44.6 Å². The Kier molecular flexibility index (Phi) is 6.34. The molecule has 174 valence electrons. The highest BCUT2D eigenvalue weighted by atomic mass is 35.5. The molecule has 1 aromatic carbocycles. The summed E-state index contributed by atoms with van der Waals surface area (Å²) in [6, 6.07) is 4.94. The van der Waals surface area contributed by atoms with Gasteiger partial charge in [-0.25, -0.2) is 4.79 Å². The normalized spacial score (nSPS) is 25.0. The molecule has 2 atom stereocenters. The van der Waals surface area contributed by atoms with Crippen molar-refractivity contribution in [3.8, 4) is 0 Å². The van der Waals surface area contributed by atoms with Crippen molar-refractivity contribution in [2.75, 3.05) is 33.2 Å². The van der Waals surface area contributed by atoms with Crippen LogP contribution >= 0.6 is 23.2 Å². The first-order valence-corrected chi connectivity index (χ1v) is 11.8. The number of carbonyl (C=O) groups is 3. The number of amides is 3. The summed E-state index contributed by atoms with van der Waals surface area (Å²) in [4.78, 5) is 42.6. The van der Waals surface area contributed by atoms with Gasteiger partial charge >= 0.3 is 6.09 Å². The molecule has 1 aliphatic carbocycles. The van der Waals surface area contributed by atoms with Crippen LogP contribution in [0.4, 0.5) is 4.79 Å². The average molecular weight is 482 g/mol. The summed E-state index contributed by atoms with van der Waals surface area (Å²) < 4.78 is 0. The monoisotopic (exact) mass is 481 g/mol. The van der Waals surface area contributed by atoms with E-state index in [1.54, 1.807) is 17.0 Å². The van der Waals surface area contributed by atoms with Crippen LogP contribution in [0.25, 0.3) is 0 Å². The van der Waals surface area contributed by atoms with Crippen LogP contribution in [0.5, 0.6) is 0 Å². The van der Waals surface area contributed by atoms with E-state index in [9.17, 15) is 19.5 Å². The van der Waals surface area contributed by atoms with E-state index in [0.717, 1.165) is 18.4 Å². The molecule has 9 heteroatoms. The van der Waals surface area contributed by atoms with Gasteiger partial charge in [0.25, 0.3) is 0 Å². The molecule has 1 N–H and O–H groups in total. The summed E-state index contributed by atoms with van der Waals surface area (Å²) in [6.07, 6.45) is 2.16. The fourth-order valence-corrected chi connectivity index (χ4v) is 5.25. The van der Waals surface area contributed by atoms with Crippen LogP contribution in [-0.2, 0) is 9.59 Å². The van der Waals surface area contributed by atoms with E-state index >= 15 is 0 Å². The highest BCUT2D eigenvalue weighted by Gasteiger charge is 2.48. The van der Waals surface area contributed by atoms with Crippen molar-refractivity contribution >= 4 is 41.1 Å². The number of benzene rings is 1. The minimum absolute atomic E-state index is 0.0427. The van der Waals surface area contributed by atoms with Crippen molar-refractivity contribution in [3.63, 3.8) is 0 Å². The molecule has 0 aromatic heterocycles. The lowest BCUT2D eigenvalue weighted by Gasteiger charge is -2.34. The van der Waals surface area contributed by atoms with Crippen molar-refractivity contribution in [1.82, 2.24) is 14.7 Å². The molecule has 7 nitrogen and oxygen atoms in total. The second kappa shape index (κ2) is 8.75. The van der Waals surface area contributed by atoms with Crippen LogP contribution < -0.4 is 0 Å². The first-order valence-electron chi connectivity index (χ1n) is 11.1. The van der Waals surface area contributed by atoms with Gasteiger partial charge < -0.3 is 19.8 Å². The Hall–Kier alpha value is -1.99. The predicted molar refractivity (Wildman–Crippen MR) is 122 cm³/mol. The van der Waals surface area contributed by atoms with E-state index in [-0.39, 0.29) is 35.1 Å². The zero-order chi connectivity index (χ0) is 23.2. The van der Waals surface area contributed by atoms with Gasteiger partial charge in [0.1, 0.15) is 0 Å². The molecule has 1 saturated carbocycles. The third kappa shape index (κ3) is 4.42. The molecule has 0 bridgehead atoms. The topological polar surface area (TPSA) is 81.2 Å². The van der Waals surface area contributed by atoms with Crippen LogP contribution in [0.2, 0.25) is 10.0 Å². The van der Waals surface area contributed by atoms with Gasteiger partial charge in [0.05, 0.1) is 16.1 Å². The maximum absolute atomic E-state index is 13.3. The lowest BCUT2D eigenvalue weighted by Crippen LogP contribution is -2.46. The summed E-state index contributed by atoms with van der Waals surface area (Å²) in [7, 11) is 1.54. The lowest BCUT2D eigenvalue weighted by molar-refractivity contribution is -0.142. The van der Waals surface area contributed by atoms with Gasteiger partial charge in [-0.1, -0.05) is 36.2 Å². The van der Waals surface area contributed by atoms with Crippen molar-refractivity contribution in [2.24, 2.45) is 11.3 Å². The van der Waals surface area contributed by atoms with E-state index in [4.69, 9.17) is 23.2 Å². The Labute approximate surface area is 198 Å². The molecule has 2 unspecified atom stereocenters. The minimum Gasteiger partial charge on any atom is -0.465 e. The molecular formula is C23H29Cl2N3O4. The number of hydrogen-bond acceptors (Lipinski definition) is 3. The van der Waals surface area contributed by atoms with E-state index < -0.39 is 6.09 Å². The summed E-state index contributed by atoms with van der Waals surface area (Å²) >= 11 is 12.3. The Morgan fingerprint density at radius 2 is 1.72 bits per heavy atom. The number of carboxylic acid groups (broad SMARTS) is 1. The fraction of sp³-hybridized carbons (Fsp3) is 0.609. The maximum atomic E-state index is 13.3. The molecule has 2 aliphatic heterocycles. The van der Waals surface area contributed by atoms with Crippen LogP contribution in [0, 0.1) is 11.3 Å². The zero-order valence-electron chi connectivity index (χ0n) is 18.4. The van der Waals surface area contributed by atoms with Crippen molar-refractivity contribution < 1.29 is 19.5 Å². The molecule has 3 fully saturated rings. The molecule has 0 spiro atoms. The molecule has 2 saturated heterocycles. The van der Waals surface area contributed by atoms with Crippen LogP contribution in [0.3, 0.4) is 0 Å². The van der Waals surface area contributed by atoms with Gasteiger partial charge in [0.2, 0.25) is 11.8 Å². The number of piperidine rings is 1. The van der Waals surface area contributed by atoms with E-state index in [1.165, 1.54) is 11.9 Å². The Balaban J connectivity index is 1.45. The quantitative estimate of drug-likeness (QED) is 0.705. The number of halogens is 2. The van der Waals surface area contributed by atoms with Gasteiger partial charge in [-0.15, -0.1) is 0 Å². The summed E-state index contributed by atoms with van der Waals surface area (Å²) in [5.74, 6) is -0.0748. The summed E-state index contributed by atoms with van der Waals surface area (Å²) in [6.45, 7) is 3.99. The minimum atomic E-state index is -1.03. The van der Waals surface area contributed by atoms with Gasteiger partial charge in [-0.2, -0.15) is 0 Å². The number of likely N-dealkylation sites (N-methyl/N-ethyl adjacent to an activating group) is 1. The van der Waals surface area contributed by atoms with Gasteiger partial charge in [0, 0.05) is 50.5 Å². The third-order valence-corrected chi connectivity index (χ3v) is 8.16. The van der Waals surface area contributed by atoms with Gasteiger partial charge in [0.15, 0.2) is 0 Å². The molecule has 4 rings (SSSR count). The Morgan fingerprint density at radius 3 is 2.28 bits per heavy atom. The molecule has 3 amide bonds. The highest BCUT2D eigenvalue weighted by Crippen LogP contribution is 2.47. The SMILES string of the molecule is CN(C(=O)O)C1CN(C(=O)C2CCN(C(=O)C3(C)CC3)CC2)CC1c1ccc(Cl)c(Cl)c1. The molecule has 3 aliphatic rings. The van der Waals surface area contributed by atoms with Gasteiger partial charge in [-0.3, -0.25) is 9.59 Å².